The molecule has 0 spiro atoms. The Labute approximate surface area is 94.2 Å². The second-order valence-corrected chi connectivity index (χ2v) is 2.86. The van der Waals surface area contributed by atoms with Gasteiger partial charge in [-0.2, -0.15) is 0 Å². The minimum Gasteiger partial charge on any atom is -0.464 e. The molecule has 0 saturated heterocycles. The SMILES string of the molecule is CC(=O)c1ccccc1.CCOC(=O)CF. The van der Waals surface area contributed by atoms with Gasteiger partial charge in [0.15, 0.2) is 12.5 Å². The van der Waals surface area contributed by atoms with E-state index in [0.717, 1.165) is 5.56 Å². The fourth-order valence-electron chi connectivity index (χ4n) is 0.872. The molecule has 3 nitrogen and oxygen atoms in total. The van der Waals surface area contributed by atoms with Gasteiger partial charge in [-0.15, -0.1) is 0 Å². The number of hydrogen-bond acceptors (Lipinski definition) is 3. The van der Waals surface area contributed by atoms with E-state index in [9.17, 15) is 14.0 Å². The van der Waals surface area contributed by atoms with Crippen molar-refractivity contribution in [2.75, 3.05) is 13.3 Å². The molecular formula is C12H15FO3. The zero-order valence-corrected chi connectivity index (χ0v) is 9.40. The Morgan fingerprint density at radius 2 is 1.81 bits per heavy atom. The summed E-state index contributed by atoms with van der Waals surface area (Å²) in [5.74, 6) is -0.668. The fourth-order valence-corrected chi connectivity index (χ4v) is 0.872. The van der Waals surface area contributed by atoms with Gasteiger partial charge < -0.3 is 4.74 Å². The number of Topliss-reactive ketones (excluding diaryl/α,β-unsaturated/α-hetero) is 1. The first kappa shape index (κ1) is 14.3. The monoisotopic (exact) mass is 226 g/mol. The molecule has 0 radical (unpaired) electrons. The highest BCUT2D eigenvalue weighted by atomic mass is 19.1. The molecule has 0 aliphatic rings. The van der Waals surface area contributed by atoms with Crippen LogP contribution in [0.4, 0.5) is 4.39 Å². The van der Waals surface area contributed by atoms with Crippen LogP contribution in [0.15, 0.2) is 30.3 Å². The van der Waals surface area contributed by atoms with Gasteiger partial charge in [-0.1, -0.05) is 30.3 Å². The lowest BCUT2D eigenvalue weighted by Crippen LogP contribution is -2.04. The van der Waals surface area contributed by atoms with Gasteiger partial charge >= 0.3 is 5.97 Å². The van der Waals surface area contributed by atoms with E-state index < -0.39 is 12.6 Å². The van der Waals surface area contributed by atoms with Gasteiger partial charge in [0.05, 0.1) is 6.61 Å². The number of halogens is 1. The van der Waals surface area contributed by atoms with E-state index >= 15 is 0 Å². The number of hydrogen-bond donors (Lipinski definition) is 0. The predicted octanol–water partition coefficient (Wildman–Crippen LogP) is 2.41. The van der Waals surface area contributed by atoms with E-state index in [1.807, 2.05) is 30.3 Å². The van der Waals surface area contributed by atoms with E-state index in [-0.39, 0.29) is 12.4 Å². The van der Waals surface area contributed by atoms with Crippen molar-refractivity contribution in [2.45, 2.75) is 13.8 Å². The van der Waals surface area contributed by atoms with E-state index in [2.05, 4.69) is 4.74 Å². The summed E-state index contributed by atoms with van der Waals surface area (Å²) in [7, 11) is 0. The molecule has 16 heavy (non-hydrogen) atoms. The molecule has 0 aliphatic carbocycles. The maximum absolute atomic E-state index is 11.1. The average Bonchev–Trinajstić information content (AvgIpc) is 2.31. The Kier molecular flexibility index (Phi) is 7.67. The van der Waals surface area contributed by atoms with Crippen LogP contribution in [0.2, 0.25) is 0 Å². The first-order chi connectivity index (χ1) is 7.61. The van der Waals surface area contributed by atoms with Crippen molar-refractivity contribution in [3.05, 3.63) is 35.9 Å². The molecule has 0 unspecified atom stereocenters. The van der Waals surface area contributed by atoms with Crippen molar-refractivity contribution >= 4 is 11.8 Å². The van der Waals surface area contributed by atoms with Crippen molar-refractivity contribution in [2.24, 2.45) is 0 Å². The van der Waals surface area contributed by atoms with Gasteiger partial charge in [-0.25, -0.2) is 9.18 Å². The third-order valence-electron chi connectivity index (χ3n) is 1.59. The summed E-state index contributed by atoms with van der Waals surface area (Å²) in [6.07, 6.45) is 0. The number of carbonyl (C=O) groups is 2. The number of rotatable bonds is 3. The molecule has 0 heterocycles. The van der Waals surface area contributed by atoms with Crippen LogP contribution in [0.3, 0.4) is 0 Å². The molecule has 0 fully saturated rings. The maximum Gasteiger partial charge on any atom is 0.337 e. The fraction of sp³-hybridized carbons (Fsp3) is 0.333. The number of alkyl halides is 1. The summed E-state index contributed by atoms with van der Waals surface area (Å²) in [5, 5.41) is 0. The lowest BCUT2D eigenvalue weighted by molar-refractivity contribution is -0.144. The third kappa shape index (κ3) is 6.70. The number of ketones is 1. The van der Waals surface area contributed by atoms with E-state index in [0.29, 0.717) is 0 Å². The van der Waals surface area contributed by atoms with Gasteiger partial charge in [0, 0.05) is 5.56 Å². The highest BCUT2D eigenvalue weighted by Crippen LogP contribution is 1.97. The van der Waals surface area contributed by atoms with Gasteiger partial charge in [0.2, 0.25) is 0 Å². The molecule has 1 aromatic carbocycles. The molecule has 0 saturated carbocycles. The minimum atomic E-state index is -1.02. The van der Waals surface area contributed by atoms with Gasteiger partial charge in [-0.3, -0.25) is 4.79 Å². The van der Waals surface area contributed by atoms with Crippen LogP contribution < -0.4 is 0 Å². The number of ether oxygens (including phenoxy) is 1. The van der Waals surface area contributed by atoms with Crippen LogP contribution in [0, 0.1) is 0 Å². The van der Waals surface area contributed by atoms with Gasteiger partial charge in [-0.05, 0) is 13.8 Å². The molecule has 1 aromatic rings. The van der Waals surface area contributed by atoms with Gasteiger partial charge in [0.1, 0.15) is 0 Å². The number of carbonyl (C=O) groups excluding carboxylic acids is 2. The zero-order valence-electron chi connectivity index (χ0n) is 9.40. The molecule has 4 heteroatoms. The standard InChI is InChI=1S/C8H8O.C4H7FO2/c1-7(9)8-5-3-2-4-6-8;1-2-7-4(6)3-5/h2-6H,1H3;2-3H2,1H3. The van der Waals surface area contributed by atoms with Crippen LogP contribution in [-0.2, 0) is 9.53 Å². The Bertz CT molecular complexity index is 322. The Hall–Kier alpha value is -1.71. The van der Waals surface area contributed by atoms with Crippen molar-refractivity contribution in [1.29, 1.82) is 0 Å². The van der Waals surface area contributed by atoms with Crippen LogP contribution in [0.25, 0.3) is 0 Å². The predicted molar refractivity (Wildman–Crippen MR) is 59.1 cm³/mol. The Balaban J connectivity index is 0.000000293. The molecule has 88 valence electrons. The lowest BCUT2D eigenvalue weighted by Gasteiger charge is -1.92. The summed E-state index contributed by atoms with van der Waals surface area (Å²) in [4.78, 5) is 20.5. The second-order valence-electron chi connectivity index (χ2n) is 2.86. The maximum atomic E-state index is 11.1. The molecule has 0 aliphatic heterocycles. The van der Waals surface area contributed by atoms with E-state index in [1.165, 1.54) is 0 Å². The second kappa shape index (κ2) is 8.59. The highest BCUT2D eigenvalue weighted by molar-refractivity contribution is 5.93. The molecule has 1 rings (SSSR count). The highest BCUT2D eigenvalue weighted by Gasteiger charge is 1.94. The Morgan fingerprint density at radius 3 is 2.06 bits per heavy atom. The quantitative estimate of drug-likeness (QED) is 0.587. The molecule has 0 aromatic heterocycles. The smallest absolute Gasteiger partial charge is 0.337 e. The van der Waals surface area contributed by atoms with Crippen LogP contribution in [-0.4, -0.2) is 25.0 Å². The molecular weight excluding hydrogens is 211 g/mol. The van der Waals surface area contributed by atoms with Crippen molar-refractivity contribution in [1.82, 2.24) is 0 Å². The van der Waals surface area contributed by atoms with Crippen molar-refractivity contribution in [3.8, 4) is 0 Å². The Morgan fingerprint density at radius 1 is 1.25 bits per heavy atom. The van der Waals surface area contributed by atoms with Crippen LogP contribution in [0.5, 0.6) is 0 Å². The zero-order chi connectivity index (χ0) is 12.4. The van der Waals surface area contributed by atoms with Gasteiger partial charge in [0.25, 0.3) is 0 Å². The molecule has 0 atom stereocenters. The van der Waals surface area contributed by atoms with Crippen LogP contribution in [0.1, 0.15) is 24.2 Å². The summed E-state index contributed by atoms with van der Waals surface area (Å²) in [6.45, 7) is 2.43. The first-order valence-corrected chi connectivity index (χ1v) is 4.89. The van der Waals surface area contributed by atoms with E-state index in [1.54, 1.807) is 13.8 Å². The molecule has 0 N–H and O–H groups in total. The topological polar surface area (TPSA) is 43.4 Å². The minimum absolute atomic E-state index is 0.121. The van der Waals surface area contributed by atoms with Crippen molar-refractivity contribution in [3.63, 3.8) is 0 Å². The van der Waals surface area contributed by atoms with E-state index in [4.69, 9.17) is 0 Å². The largest absolute Gasteiger partial charge is 0.464 e. The lowest BCUT2D eigenvalue weighted by atomic mass is 10.2. The summed E-state index contributed by atoms with van der Waals surface area (Å²) >= 11 is 0. The third-order valence-corrected chi connectivity index (χ3v) is 1.59. The first-order valence-electron chi connectivity index (χ1n) is 4.89. The molecule has 0 amide bonds. The number of benzene rings is 1. The summed E-state index contributed by atoms with van der Waals surface area (Å²) in [5.41, 5.74) is 0.775. The van der Waals surface area contributed by atoms with Crippen molar-refractivity contribution < 1.29 is 18.7 Å². The van der Waals surface area contributed by atoms with Crippen LogP contribution >= 0.6 is 0 Å². The normalized spacial score (nSPS) is 8.69. The summed E-state index contributed by atoms with van der Waals surface area (Å²) < 4.78 is 15.3. The average molecular weight is 226 g/mol. The molecule has 0 bridgehead atoms. The number of esters is 1. The summed E-state index contributed by atoms with van der Waals surface area (Å²) in [6, 6.07) is 9.23.